The third-order valence-corrected chi connectivity index (χ3v) is 2.14. The molecule has 0 atom stereocenters. The van der Waals surface area contributed by atoms with E-state index in [0.29, 0.717) is 5.89 Å². The molecule has 3 rings (SSSR count). The van der Waals surface area contributed by atoms with Crippen molar-refractivity contribution in [2.75, 3.05) is 0 Å². The third-order valence-electron chi connectivity index (χ3n) is 1.97. The number of rotatable bonds is 1. The second kappa shape index (κ2) is 2.99. The van der Waals surface area contributed by atoms with Crippen LogP contribution >= 0.6 is 12.2 Å². The van der Waals surface area contributed by atoms with Gasteiger partial charge in [0.1, 0.15) is 6.33 Å². The van der Waals surface area contributed by atoms with Gasteiger partial charge < -0.3 is 4.42 Å². The van der Waals surface area contributed by atoms with Crippen molar-refractivity contribution in [2.24, 2.45) is 0 Å². The molecule has 3 heterocycles. The monoisotopic (exact) mass is 219 g/mol. The van der Waals surface area contributed by atoms with Gasteiger partial charge >= 0.3 is 0 Å². The summed E-state index contributed by atoms with van der Waals surface area (Å²) < 4.78 is 6.84. The lowest BCUT2D eigenvalue weighted by atomic mass is 10.3. The van der Waals surface area contributed by atoms with Gasteiger partial charge in [-0.05, 0) is 24.4 Å². The Balaban J connectivity index is 2.22. The number of aromatic nitrogens is 5. The summed E-state index contributed by atoms with van der Waals surface area (Å²) in [7, 11) is 0. The standard InChI is InChI=1S/C8H5N5OS/c15-8-12-11-7(14-8)5-1-2-13-6(3-5)9-4-10-13/h1-4H,(H,12,15). The van der Waals surface area contributed by atoms with Crippen LogP contribution in [0.3, 0.4) is 0 Å². The molecule has 0 aliphatic carbocycles. The van der Waals surface area contributed by atoms with Crippen LogP contribution in [0.25, 0.3) is 17.1 Å². The van der Waals surface area contributed by atoms with Crippen LogP contribution in [-0.2, 0) is 0 Å². The Bertz CT molecular complexity index is 667. The van der Waals surface area contributed by atoms with E-state index in [4.69, 9.17) is 16.6 Å². The molecule has 0 aliphatic rings. The molecule has 0 fully saturated rings. The minimum absolute atomic E-state index is 0.256. The second-order valence-corrected chi connectivity index (χ2v) is 3.27. The number of pyridine rings is 1. The van der Waals surface area contributed by atoms with Crippen LogP contribution in [0.4, 0.5) is 0 Å². The average molecular weight is 219 g/mol. The highest BCUT2D eigenvalue weighted by Gasteiger charge is 2.05. The molecule has 0 aliphatic heterocycles. The lowest BCUT2D eigenvalue weighted by Crippen LogP contribution is -1.87. The Morgan fingerprint density at radius 3 is 3.20 bits per heavy atom. The highest BCUT2D eigenvalue weighted by molar-refractivity contribution is 7.71. The maximum absolute atomic E-state index is 5.19. The summed E-state index contributed by atoms with van der Waals surface area (Å²) in [5.41, 5.74) is 1.54. The van der Waals surface area contributed by atoms with Crippen LogP contribution in [0.5, 0.6) is 0 Å². The molecule has 0 unspecified atom stereocenters. The summed E-state index contributed by atoms with van der Waals surface area (Å²) in [6.45, 7) is 0. The van der Waals surface area contributed by atoms with Crippen molar-refractivity contribution < 1.29 is 4.42 Å². The van der Waals surface area contributed by atoms with E-state index in [1.165, 1.54) is 6.33 Å². The van der Waals surface area contributed by atoms with Gasteiger partial charge in [-0.3, -0.25) is 0 Å². The normalized spacial score (nSPS) is 10.9. The summed E-state index contributed by atoms with van der Waals surface area (Å²) >= 11 is 4.79. The van der Waals surface area contributed by atoms with Crippen LogP contribution in [0, 0.1) is 4.84 Å². The number of fused-ring (bicyclic) bond motifs is 1. The first-order chi connectivity index (χ1) is 7.33. The molecule has 0 saturated heterocycles. The van der Waals surface area contributed by atoms with Gasteiger partial charge in [0.05, 0.1) is 0 Å². The van der Waals surface area contributed by atoms with Gasteiger partial charge in [-0.25, -0.2) is 14.6 Å². The van der Waals surface area contributed by atoms with Crippen molar-refractivity contribution in [1.82, 2.24) is 24.8 Å². The molecule has 6 nitrogen and oxygen atoms in total. The van der Waals surface area contributed by atoms with E-state index in [1.807, 2.05) is 12.1 Å². The van der Waals surface area contributed by atoms with E-state index in [-0.39, 0.29) is 4.84 Å². The highest BCUT2D eigenvalue weighted by atomic mass is 32.1. The summed E-state index contributed by atoms with van der Waals surface area (Å²) in [5.74, 6) is 0.450. The Hall–Kier alpha value is -2.02. The first-order valence-electron chi connectivity index (χ1n) is 4.18. The van der Waals surface area contributed by atoms with Crippen molar-refractivity contribution in [3.05, 3.63) is 29.5 Å². The summed E-state index contributed by atoms with van der Waals surface area (Å²) in [6.07, 6.45) is 3.27. The van der Waals surface area contributed by atoms with Gasteiger partial charge in [0.15, 0.2) is 5.65 Å². The van der Waals surface area contributed by atoms with Gasteiger partial charge in [-0.1, -0.05) is 0 Å². The molecule has 1 N–H and O–H groups in total. The topological polar surface area (TPSA) is 72.0 Å². The molecule has 3 aromatic heterocycles. The molecule has 0 radical (unpaired) electrons. The van der Waals surface area contributed by atoms with Crippen molar-refractivity contribution in [2.45, 2.75) is 0 Å². The van der Waals surface area contributed by atoms with E-state index >= 15 is 0 Å². The quantitative estimate of drug-likeness (QED) is 0.627. The largest absolute Gasteiger partial charge is 0.409 e. The zero-order chi connectivity index (χ0) is 10.3. The Labute approximate surface area is 88.6 Å². The van der Waals surface area contributed by atoms with Crippen LogP contribution in [-0.4, -0.2) is 24.8 Å². The molecular formula is C8H5N5OS. The number of H-pyrrole nitrogens is 1. The van der Waals surface area contributed by atoms with Crippen molar-refractivity contribution in [3.8, 4) is 11.5 Å². The lowest BCUT2D eigenvalue weighted by Gasteiger charge is -1.94. The van der Waals surface area contributed by atoms with Gasteiger partial charge in [0.2, 0.25) is 5.89 Å². The van der Waals surface area contributed by atoms with Crippen LogP contribution in [0.1, 0.15) is 0 Å². The van der Waals surface area contributed by atoms with Crippen molar-refractivity contribution >= 4 is 17.9 Å². The summed E-state index contributed by atoms with van der Waals surface area (Å²) in [5, 5.41) is 10.5. The van der Waals surface area contributed by atoms with E-state index in [2.05, 4.69) is 20.3 Å². The SMILES string of the molecule is S=c1[nH]nc(-c2ccn3ncnc3c2)o1. The minimum Gasteiger partial charge on any atom is -0.409 e. The number of hydrogen-bond acceptors (Lipinski definition) is 5. The predicted octanol–water partition coefficient (Wildman–Crippen LogP) is 1.44. The molecule has 0 aromatic carbocycles. The van der Waals surface area contributed by atoms with Gasteiger partial charge in [-0.2, -0.15) is 5.10 Å². The smallest absolute Gasteiger partial charge is 0.284 e. The van der Waals surface area contributed by atoms with Crippen molar-refractivity contribution in [1.29, 1.82) is 0 Å². The fourth-order valence-electron chi connectivity index (χ4n) is 1.30. The average Bonchev–Trinajstić information content (AvgIpc) is 2.84. The van der Waals surface area contributed by atoms with Gasteiger partial charge in [-0.15, -0.1) is 5.10 Å². The summed E-state index contributed by atoms with van der Waals surface area (Å²) in [4.78, 5) is 4.31. The molecule has 0 amide bonds. The molecule has 0 bridgehead atoms. The molecular weight excluding hydrogens is 214 g/mol. The van der Waals surface area contributed by atoms with E-state index in [1.54, 1.807) is 10.7 Å². The fourth-order valence-corrected chi connectivity index (χ4v) is 1.43. The Morgan fingerprint density at radius 1 is 1.47 bits per heavy atom. The first kappa shape index (κ1) is 8.30. The zero-order valence-electron chi connectivity index (χ0n) is 7.41. The van der Waals surface area contributed by atoms with E-state index in [0.717, 1.165) is 11.2 Å². The fraction of sp³-hybridized carbons (Fsp3) is 0. The van der Waals surface area contributed by atoms with E-state index < -0.39 is 0 Å². The van der Waals surface area contributed by atoms with Crippen LogP contribution in [0.15, 0.2) is 29.1 Å². The number of nitrogens with one attached hydrogen (secondary N) is 1. The maximum atomic E-state index is 5.19. The zero-order valence-corrected chi connectivity index (χ0v) is 8.23. The van der Waals surface area contributed by atoms with Crippen LogP contribution < -0.4 is 0 Å². The molecule has 7 heteroatoms. The molecule has 0 spiro atoms. The maximum Gasteiger partial charge on any atom is 0.284 e. The van der Waals surface area contributed by atoms with Gasteiger partial charge in [0, 0.05) is 11.8 Å². The number of aromatic amines is 1. The number of nitrogens with zero attached hydrogens (tertiary/aromatic N) is 4. The molecule has 74 valence electrons. The molecule has 0 saturated carbocycles. The Kier molecular flexibility index (Phi) is 1.65. The lowest BCUT2D eigenvalue weighted by molar-refractivity contribution is 0.552. The summed E-state index contributed by atoms with van der Waals surface area (Å²) in [6, 6.07) is 3.65. The van der Waals surface area contributed by atoms with Crippen molar-refractivity contribution in [3.63, 3.8) is 0 Å². The Morgan fingerprint density at radius 2 is 2.40 bits per heavy atom. The molecule has 3 aromatic rings. The van der Waals surface area contributed by atoms with E-state index in [9.17, 15) is 0 Å². The predicted molar refractivity (Wildman–Crippen MR) is 53.7 cm³/mol. The second-order valence-electron chi connectivity index (χ2n) is 2.90. The number of hydrogen-bond donors (Lipinski definition) is 1. The third kappa shape index (κ3) is 1.33. The first-order valence-corrected chi connectivity index (χ1v) is 4.59. The minimum atomic E-state index is 0.256. The molecule has 15 heavy (non-hydrogen) atoms. The highest BCUT2D eigenvalue weighted by Crippen LogP contribution is 2.17. The van der Waals surface area contributed by atoms with Crippen LogP contribution in [0.2, 0.25) is 0 Å². The van der Waals surface area contributed by atoms with Gasteiger partial charge in [0.25, 0.3) is 4.84 Å².